The van der Waals surface area contributed by atoms with Gasteiger partial charge in [-0.1, -0.05) is 24.6 Å². The van der Waals surface area contributed by atoms with E-state index in [4.69, 9.17) is 9.47 Å². The third kappa shape index (κ3) is 4.80. The third-order valence-corrected chi connectivity index (χ3v) is 6.89. The normalized spacial score (nSPS) is 14.2. The van der Waals surface area contributed by atoms with Crippen LogP contribution in [0.25, 0.3) is 33.2 Å². The molecule has 2 aromatic heterocycles. The number of methoxy groups -OCH3 is 2. The Morgan fingerprint density at radius 3 is 2.43 bits per heavy atom. The Kier molecular flexibility index (Phi) is 6.82. The second-order valence-electron chi connectivity index (χ2n) is 9.02. The molecule has 6 nitrogen and oxygen atoms in total. The number of likely N-dealkylation sites (tertiary alicyclic amines) is 1. The summed E-state index contributed by atoms with van der Waals surface area (Å²) in [6.45, 7) is 4.18. The van der Waals surface area contributed by atoms with Crippen molar-refractivity contribution < 1.29 is 14.3 Å². The van der Waals surface area contributed by atoms with Crippen molar-refractivity contribution in [3.63, 3.8) is 0 Å². The van der Waals surface area contributed by atoms with Crippen molar-refractivity contribution in [1.82, 2.24) is 14.5 Å². The smallest absolute Gasteiger partial charge is 0.338 e. The van der Waals surface area contributed by atoms with Gasteiger partial charge in [-0.3, -0.25) is 4.98 Å². The second kappa shape index (κ2) is 10.3. The first-order valence-corrected chi connectivity index (χ1v) is 12.2. The molecule has 0 bridgehead atoms. The van der Waals surface area contributed by atoms with Gasteiger partial charge in [0.05, 0.1) is 19.8 Å². The highest BCUT2D eigenvalue weighted by molar-refractivity contribution is 6.10. The van der Waals surface area contributed by atoms with Gasteiger partial charge in [-0.15, -0.1) is 0 Å². The standard InChI is InChI=1S/C29H31N3O3/c1-34-24-11-9-21(10-12-24)22-17-23(19-30-18-22)26-20-32(16-15-31-13-4-3-5-14-31)27-8-6-7-25(28(26)27)29(33)35-2/h6-12,17-20H,3-5,13-16H2,1-2H3. The van der Waals surface area contributed by atoms with Crippen LogP contribution < -0.4 is 4.74 Å². The predicted molar refractivity (Wildman–Crippen MR) is 139 cm³/mol. The number of nitrogens with zero attached hydrogens (tertiary/aromatic N) is 3. The van der Waals surface area contributed by atoms with E-state index in [1.54, 1.807) is 7.11 Å². The number of esters is 1. The molecule has 3 heterocycles. The van der Waals surface area contributed by atoms with E-state index in [1.807, 2.05) is 48.8 Å². The number of fused-ring (bicyclic) bond motifs is 1. The minimum absolute atomic E-state index is 0.329. The van der Waals surface area contributed by atoms with Crippen molar-refractivity contribution in [2.75, 3.05) is 33.9 Å². The Balaban J connectivity index is 1.57. The van der Waals surface area contributed by atoms with Crippen LogP contribution in [0.2, 0.25) is 0 Å². The van der Waals surface area contributed by atoms with E-state index in [0.29, 0.717) is 5.56 Å². The van der Waals surface area contributed by atoms with Crippen molar-refractivity contribution >= 4 is 16.9 Å². The molecule has 0 atom stereocenters. The number of hydrogen-bond donors (Lipinski definition) is 0. The van der Waals surface area contributed by atoms with Crippen LogP contribution in [0.15, 0.2) is 67.1 Å². The lowest BCUT2D eigenvalue weighted by Gasteiger charge is -2.26. The molecule has 5 rings (SSSR count). The largest absolute Gasteiger partial charge is 0.497 e. The Hall–Kier alpha value is -3.64. The van der Waals surface area contributed by atoms with Gasteiger partial charge in [-0.2, -0.15) is 0 Å². The number of hydrogen-bond acceptors (Lipinski definition) is 5. The number of carbonyl (C=O) groups is 1. The van der Waals surface area contributed by atoms with Crippen LogP contribution in [0.5, 0.6) is 5.75 Å². The summed E-state index contributed by atoms with van der Waals surface area (Å²) in [4.78, 5) is 19.8. The first-order valence-electron chi connectivity index (χ1n) is 12.2. The molecule has 0 saturated carbocycles. The summed E-state index contributed by atoms with van der Waals surface area (Å²) in [5, 5.41) is 0.909. The molecular formula is C29H31N3O3. The molecule has 6 heteroatoms. The van der Waals surface area contributed by atoms with Crippen LogP contribution >= 0.6 is 0 Å². The van der Waals surface area contributed by atoms with E-state index >= 15 is 0 Å². The fourth-order valence-electron chi connectivity index (χ4n) is 5.00. The maximum absolute atomic E-state index is 12.7. The van der Waals surface area contributed by atoms with E-state index in [9.17, 15) is 4.79 Å². The summed E-state index contributed by atoms with van der Waals surface area (Å²) in [6.07, 6.45) is 9.76. The molecule has 4 aromatic rings. The molecule has 1 aliphatic heterocycles. The second-order valence-corrected chi connectivity index (χ2v) is 9.02. The van der Waals surface area contributed by atoms with Gasteiger partial charge in [0.25, 0.3) is 0 Å². The van der Waals surface area contributed by atoms with Gasteiger partial charge >= 0.3 is 5.97 Å². The summed E-state index contributed by atoms with van der Waals surface area (Å²) in [6, 6.07) is 15.9. The van der Waals surface area contributed by atoms with Crippen LogP contribution in [0, 0.1) is 0 Å². The molecule has 1 fully saturated rings. The lowest BCUT2D eigenvalue weighted by Crippen LogP contribution is -2.32. The SMILES string of the molecule is COC(=O)c1cccc2c1c(-c1cncc(-c3ccc(OC)cc3)c1)cn2CCN1CCCCC1. The zero-order chi connectivity index (χ0) is 24.2. The Labute approximate surface area is 206 Å². The maximum atomic E-state index is 12.7. The number of pyridine rings is 1. The summed E-state index contributed by atoms with van der Waals surface area (Å²) < 4.78 is 12.7. The van der Waals surface area contributed by atoms with Crippen molar-refractivity contribution in [1.29, 1.82) is 0 Å². The number of rotatable bonds is 7. The number of aromatic nitrogens is 2. The van der Waals surface area contributed by atoms with E-state index < -0.39 is 0 Å². The van der Waals surface area contributed by atoms with Crippen LogP contribution in [0.1, 0.15) is 29.6 Å². The summed E-state index contributed by atoms with van der Waals surface area (Å²) in [5.41, 5.74) is 5.64. The first kappa shape index (κ1) is 23.1. The van der Waals surface area contributed by atoms with Gasteiger partial charge < -0.3 is 18.9 Å². The number of benzene rings is 2. The zero-order valence-electron chi connectivity index (χ0n) is 20.4. The van der Waals surface area contributed by atoms with Gasteiger partial charge in [0, 0.05) is 59.3 Å². The number of ether oxygens (including phenoxy) is 2. The van der Waals surface area contributed by atoms with Gasteiger partial charge in [0.1, 0.15) is 5.75 Å². The molecule has 0 amide bonds. The highest BCUT2D eigenvalue weighted by Crippen LogP contribution is 2.35. The molecule has 0 N–H and O–H groups in total. The zero-order valence-corrected chi connectivity index (χ0v) is 20.4. The average molecular weight is 470 g/mol. The van der Waals surface area contributed by atoms with Crippen molar-refractivity contribution in [2.45, 2.75) is 25.8 Å². The predicted octanol–water partition coefficient (Wildman–Crippen LogP) is 5.65. The Morgan fingerprint density at radius 2 is 1.69 bits per heavy atom. The first-order chi connectivity index (χ1) is 17.2. The maximum Gasteiger partial charge on any atom is 0.338 e. The molecule has 180 valence electrons. The highest BCUT2D eigenvalue weighted by atomic mass is 16.5. The quantitative estimate of drug-likeness (QED) is 0.327. The van der Waals surface area contributed by atoms with E-state index in [-0.39, 0.29) is 5.97 Å². The monoisotopic (exact) mass is 469 g/mol. The molecule has 1 saturated heterocycles. The fraction of sp³-hybridized carbons (Fsp3) is 0.310. The molecule has 0 spiro atoms. The van der Waals surface area contributed by atoms with E-state index in [2.05, 4.69) is 32.8 Å². The lowest BCUT2D eigenvalue weighted by molar-refractivity contribution is 0.0603. The van der Waals surface area contributed by atoms with E-state index in [1.165, 1.54) is 26.4 Å². The molecule has 1 aliphatic rings. The topological polar surface area (TPSA) is 56.6 Å². The van der Waals surface area contributed by atoms with Crippen molar-refractivity contribution in [3.05, 3.63) is 72.7 Å². The lowest BCUT2D eigenvalue weighted by atomic mass is 9.99. The summed E-state index contributed by atoms with van der Waals surface area (Å²) in [5.74, 6) is 0.488. The van der Waals surface area contributed by atoms with Gasteiger partial charge in [-0.05, 0) is 61.8 Å². The van der Waals surface area contributed by atoms with Gasteiger partial charge in [0.2, 0.25) is 0 Å². The summed E-state index contributed by atoms with van der Waals surface area (Å²) >= 11 is 0. The van der Waals surface area contributed by atoms with Crippen LogP contribution in [0.3, 0.4) is 0 Å². The van der Waals surface area contributed by atoms with Crippen LogP contribution in [0.4, 0.5) is 0 Å². The minimum Gasteiger partial charge on any atom is -0.497 e. The number of carbonyl (C=O) groups excluding carboxylic acids is 1. The van der Waals surface area contributed by atoms with Crippen molar-refractivity contribution in [3.8, 4) is 28.0 Å². The Morgan fingerprint density at radius 1 is 0.914 bits per heavy atom. The Bertz CT molecular complexity index is 1320. The molecule has 2 aromatic carbocycles. The van der Waals surface area contributed by atoms with E-state index in [0.717, 1.165) is 65.1 Å². The summed E-state index contributed by atoms with van der Waals surface area (Å²) in [7, 11) is 3.09. The van der Waals surface area contributed by atoms with Crippen LogP contribution in [-0.2, 0) is 11.3 Å². The molecule has 35 heavy (non-hydrogen) atoms. The average Bonchev–Trinajstić information content (AvgIpc) is 3.31. The molecular weight excluding hydrogens is 438 g/mol. The van der Waals surface area contributed by atoms with Crippen molar-refractivity contribution in [2.24, 2.45) is 0 Å². The fourth-order valence-corrected chi connectivity index (χ4v) is 5.00. The van der Waals surface area contributed by atoms with Crippen LogP contribution in [-0.4, -0.2) is 54.3 Å². The minimum atomic E-state index is -0.329. The van der Waals surface area contributed by atoms with Gasteiger partial charge in [-0.25, -0.2) is 4.79 Å². The molecule has 0 aliphatic carbocycles. The van der Waals surface area contributed by atoms with Gasteiger partial charge in [0.15, 0.2) is 0 Å². The third-order valence-electron chi connectivity index (χ3n) is 6.89. The highest BCUT2D eigenvalue weighted by Gasteiger charge is 2.20. The number of piperidine rings is 1. The molecule has 0 radical (unpaired) electrons. The molecule has 0 unspecified atom stereocenters.